The number of ether oxygens (including phenoxy) is 2. The van der Waals surface area contributed by atoms with Gasteiger partial charge in [0.25, 0.3) is 0 Å². The summed E-state index contributed by atoms with van der Waals surface area (Å²) in [6, 6.07) is 11.5. The molecule has 0 fully saturated rings. The van der Waals surface area contributed by atoms with Crippen LogP contribution in [0.2, 0.25) is 0 Å². The Balaban J connectivity index is 1.61. The lowest BCUT2D eigenvalue weighted by Crippen LogP contribution is -2.05. The van der Waals surface area contributed by atoms with E-state index in [0.29, 0.717) is 39.6 Å². The van der Waals surface area contributed by atoms with Crippen molar-refractivity contribution in [3.8, 4) is 28.5 Å². The van der Waals surface area contributed by atoms with Crippen molar-refractivity contribution in [2.45, 2.75) is 4.90 Å². The molecule has 156 valence electrons. The van der Waals surface area contributed by atoms with Gasteiger partial charge in [-0.25, -0.2) is 15.6 Å². The highest BCUT2D eigenvalue weighted by Gasteiger charge is 2.17. The number of aromatic amines is 1. The molecule has 0 aliphatic rings. The van der Waals surface area contributed by atoms with Crippen molar-refractivity contribution in [2.24, 2.45) is 0 Å². The van der Waals surface area contributed by atoms with Crippen molar-refractivity contribution in [1.82, 2.24) is 15.4 Å². The molecule has 0 bridgehead atoms. The molecule has 30 heavy (non-hydrogen) atoms. The number of H-pyrrole nitrogens is 1. The van der Waals surface area contributed by atoms with Gasteiger partial charge in [-0.15, -0.1) is 0 Å². The average Bonchev–Trinajstić information content (AvgIpc) is 3.40. The van der Waals surface area contributed by atoms with Gasteiger partial charge >= 0.3 is 0 Å². The minimum atomic E-state index is -2.19. The molecule has 0 amide bonds. The van der Waals surface area contributed by atoms with Crippen molar-refractivity contribution in [3.05, 3.63) is 48.3 Å². The predicted octanol–water partition coefficient (Wildman–Crippen LogP) is 3.23. The van der Waals surface area contributed by atoms with E-state index in [1.165, 1.54) is 6.07 Å². The lowest BCUT2D eigenvalue weighted by molar-refractivity contribution is 0.144. The van der Waals surface area contributed by atoms with Crippen LogP contribution in [0.5, 0.6) is 5.75 Å². The lowest BCUT2D eigenvalue weighted by atomic mass is 10.1. The van der Waals surface area contributed by atoms with Crippen LogP contribution in [0.1, 0.15) is 0 Å². The zero-order valence-corrected chi connectivity index (χ0v) is 16.9. The van der Waals surface area contributed by atoms with Crippen LogP contribution >= 0.6 is 0 Å². The fourth-order valence-electron chi connectivity index (χ4n) is 2.96. The first-order valence-electron chi connectivity index (χ1n) is 9.02. The molecule has 0 spiro atoms. The summed E-state index contributed by atoms with van der Waals surface area (Å²) in [5.74, 6) is -0.0313. The highest BCUT2D eigenvalue weighted by molar-refractivity contribution is 8.04. The Morgan fingerprint density at radius 2 is 2.03 bits per heavy atom. The first-order chi connectivity index (χ1) is 14.6. The number of benzene rings is 2. The summed E-state index contributed by atoms with van der Waals surface area (Å²) in [4.78, 5) is 0.597. The maximum atomic E-state index is 14.4. The number of rotatable bonds is 8. The summed E-state index contributed by atoms with van der Waals surface area (Å²) >= 11 is -2.19. The topological polar surface area (TPSA) is 120 Å². The van der Waals surface area contributed by atoms with Crippen molar-refractivity contribution >= 4 is 27.6 Å². The van der Waals surface area contributed by atoms with Gasteiger partial charge in [0.15, 0.2) is 17.3 Å². The molecular weight excluding hydrogens is 411 g/mol. The van der Waals surface area contributed by atoms with Gasteiger partial charge in [-0.05, 0) is 30.3 Å². The summed E-state index contributed by atoms with van der Waals surface area (Å²) in [5.41, 5.74) is 3.29. The minimum Gasteiger partial charge on any atom is -0.679 e. The Morgan fingerprint density at radius 1 is 1.23 bits per heavy atom. The molecule has 0 saturated heterocycles. The second-order valence-electron chi connectivity index (χ2n) is 6.40. The molecule has 10 heteroatoms. The molecule has 0 atom stereocenters. The number of nitrogens with zero attached hydrogens (tertiary/aromatic N) is 2. The fourth-order valence-corrected chi connectivity index (χ4v) is 3.62. The van der Waals surface area contributed by atoms with Gasteiger partial charge in [0.2, 0.25) is 0 Å². The first kappa shape index (κ1) is 20.1. The van der Waals surface area contributed by atoms with Crippen molar-refractivity contribution in [1.29, 1.82) is 5.41 Å². The Labute approximate surface area is 173 Å². The van der Waals surface area contributed by atoms with E-state index in [9.17, 15) is 8.94 Å². The molecule has 2 heterocycles. The van der Waals surface area contributed by atoms with Gasteiger partial charge < -0.3 is 18.5 Å². The highest BCUT2D eigenvalue weighted by atomic mass is 32.2. The van der Waals surface area contributed by atoms with Gasteiger partial charge in [0.05, 0.1) is 17.0 Å². The van der Waals surface area contributed by atoms with E-state index < -0.39 is 17.0 Å². The third-order valence-corrected chi connectivity index (χ3v) is 5.66. The van der Waals surface area contributed by atoms with Crippen LogP contribution in [0.3, 0.4) is 0 Å². The Hall–Kier alpha value is -3.21. The number of nitrogens with one attached hydrogen (secondary N) is 2. The molecule has 8 nitrogen and oxygen atoms in total. The molecule has 0 saturated carbocycles. The Bertz CT molecular complexity index is 1180. The normalized spacial score (nSPS) is 11.6. The van der Waals surface area contributed by atoms with Crippen LogP contribution in [0, 0.1) is 11.2 Å². The molecule has 2 N–H and O–H groups in total. The monoisotopic (exact) mass is 430 g/mol. The molecule has 0 radical (unpaired) electrons. The maximum Gasteiger partial charge on any atom is 0.188 e. The largest absolute Gasteiger partial charge is 0.679 e. The molecule has 2 aromatic heterocycles. The summed E-state index contributed by atoms with van der Waals surface area (Å²) in [6.07, 6.45) is 0. The van der Waals surface area contributed by atoms with E-state index in [-0.39, 0.29) is 12.4 Å². The van der Waals surface area contributed by atoms with E-state index in [2.05, 4.69) is 15.4 Å². The number of halogens is 1. The van der Waals surface area contributed by atoms with Crippen LogP contribution in [-0.2, 0) is 15.9 Å². The molecule has 2 aromatic carbocycles. The highest BCUT2D eigenvalue weighted by Crippen LogP contribution is 2.33. The molecule has 0 unspecified atom stereocenters. The third-order valence-electron chi connectivity index (χ3n) is 4.50. The van der Waals surface area contributed by atoms with Gasteiger partial charge in [0.1, 0.15) is 23.5 Å². The fraction of sp³-hybridized carbons (Fsp3) is 0.150. The lowest BCUT2D eigenvalue weighted by Gasteiger charge is -2.15. The summed E-state index contributed by atoms with van der Waals surface area (Å²) in [7, 11) is 1.54. The number of methoxy groups -OCH3 is 1. The van der Waals surface area contributed by atoms with Gasteiger partial charge in [-0.2, -0.15) is 5.10 Å². The zero-order valence-electron chi connectivity index (χ0n) is 15.9. The number of hydrogen-bond acceptors (Lipinski definition) is 7. The Kier molecular flexibility index (Phi) is 5.79. The molecule has 4 rings (SSSR count). The summed E-state index contributed by atoms with van der Waals surface area (Å²) in [6.45, 7) is 0.588. The quantitative estimate of drug-likeness (QED) is 0.192. The van der Waals surface area contributed by atoms with E-state index in [4.69, 9.17) is 19.4 Å². The molecular formula is C20H19FN4O4S. The molecule has 0 aliphatic heterocycles. The Morgan fingerprint density at radius 3 is 2.77 bits per heavy atom. The van der Waals surface area contributed by atoms with Crippen molar-refractivity contribution in [2.75, 3.05) is 20.3 Å². The van der Waals surface area contributed by atoms with Crippen LogP contribution in [0.15, 0.2) is 51.9 Å². The minimum absolute atomic E-state index is 0.109. The van der Waals surface area contributed by atoms with Crippen molar-refractivity contribution < 1.29 is 22.9 Å². The first-order valence-corrected chi connectivity index (χ1v) is 10.5. The second-order valence-corrected chi connectivity index (χ2v) is 8.00. The van der Waals surface area contributed by atoms with Crippen molar-refractivity contribution in [3.63, 3.8) is 0 Å². The average molecular weight is 430 g/mol. The maximum absolute atomic E-state index is 14.4. The van der Waals surface area contributed by atoms with Gasteiger partial charge in [0, 0.05) is 30.2 Å². The predicted molar refractivity (Wildman–Crippen MR) is 112 cm³/mol. The van der Waals surface area contributed by atoms with E-state index in [1.807, 2.05) is 0 Å². The third kappa shape index (κ3) is 3.92. The summed E-state index contributed by atoms with van der Waals surface area (Å²) in [5, 5.41) is 18.8. The van der Waals surface area contributed by atoms with E-state index in [0.717, 1.165) is 11.1 Å². The second kappa shape index (κ2) is 8.66. The molecule has 4 aromatic rings. The van der Waals surface area contributed by atoms with Gasteiger partial charge in [-0.1, -0.05) is 5.16 Å². The zero-order chi connectivity index (χ0) is 21.1. The van der Waals surface area contributed by atoms with E-state index >= 15 is 0 Å². The smallest absolute Gasteiger partial charge is 0.188 e. The van der Waals surface area contributed by atoms with Crippen LogP contribution in [0.25, 0.3) is 33.6 Å². The van der Waals surface area contributed by atoms with Gasteiger partial charge in [-0.3, -0.25) is 10.5 Å². The van der Waals surface area contributed by atoms with E-state index in [1.54, 1.807) is 43.5 Å². The SMILES string of the molecule is COCCOc1cc2[nH]nc(-c3cc(-c4ccc([SH2+]([O-])C=N)cc4)no3)c2cc1F. The van der Waals surface area contributed by atoms with Crippen LogP contribution < -0.4 is 4.74 Å². The number of fused-ring (bicyclic) bond motifs is 1. The summed E-state index contributed by atoms with van der Waals surface area (Å²) < 4.78 is 41.9. The number of hydrogen-bond donors (Lipinski definition) is 2. The molecule has 0 aliphatic carbocycles. The number of aromatic nitrogens is 3. The standard InChI is InChI=1S/C20H19FN4O4S/c1-27-6-7-28-18-10-17-14(8-15(18)21)20(24-23-17)19-9-16(25-29-19)12-2-4-13(5-3-12)30(26)11-22/h2-5,8-11,22H,6-7,30H2,1H3,(H,23,24). The van der Waals surface area contributed by atoms with Crippen LogP contribution in [0.4, 0.5) is 4.39 Å². The van der Waals surface area contributed by atoms with Crippen LogP contribution in [-0.4, -0.2) is 45.8 Å².